The number of nitrogens with one attached hydrogen (secondary N) is 1. The van der Waals surface area contributed by atoms with E-state index in [9.17, 15) is 0 Å². The normalized spacial score (nSPS) is 10.5. The standard InChI is InChI=1S/C13H16ClN3/c1-10-11(2)17(9-16-10)8-7-15-13-6-4-3-5-12(13)14/h3-6,9,15H,7-8H2,1-2H3. The lowest BCUT2D eigenvalue weighted by molar-refractivity contribution is 0.705. The Bertz CT molecular complexity index is 505. The number of aryl methyl sites for hydroxylation is 1. The van der Waals surface area contributed by atoms with Crippen LogP contribution in [0.5, 0.6) is 0 Å². The highest BCUT2D eigenvalue weighted by atomic mass is 35.5. The summed E-state index contributed by atoms with van der Waals surface area (Å²) in [6, 6.07) is 7.77. The quantitative estimate of drug-likeness (QED) is 0.901. The largest absolute Gasteiger partial charge is 0.382 e. The minimum Gasteiger partial charge on any atom is -0.382 e. The smallest absolute Gasteiger partial charge is 0.0952 e. The zero-order valence-corrected chi connectivity index (χ0v) is 10.8. The summed E-state index contributed by atoms with van der Waals surface area (Å²) in [5, 5.41) is 4.07. The SMILES string of the molecule is Cc1ncn(CCNc2ccccc2Cl)c1C. The maximum absolute atomic E-state index is 6.06. The molecular formula is C13H16ClN3. The van der Waals surface area contributed by atoms with Gasteiger partial charge in [-0.15, -0.1) is 0 Å². The van der Waals surface area contributed by atoms with Crippen molar-refractivity contribution in [3.63, 3.8) is 0 Å². The molecule has 1 aromatic heterocycles. The van der Waals surface area contributed by atoms with Gasteiger partial charge in [-0.05, 0) is 26.0 Å². The van der Waals surface area contributed by atoms with E-state index in [-0.39, 0.29) is 0 Å². The number of hydrogen-bond acceptors (Lipinski definition) is 2. The molecule has 0 fully saturated rings. The maximum atomic E-state index is 6.06. The summed E-state index contributed by atoms with van der Waals surface area (Å²) in [5.41, 5.74) is 3.28. The van der Waals surface area contributed by atoms with Gasteiger partial charge in [0.25, 0.3) is 0 Å². The lowest BCUT2D eigenvalue weighted by Gasteiger charge is -2.09. The van der Waals surface area contributed by atoms with Gasteiger partial charge in [0.15, 0.2) is 0 Å². The van der Waals surface area contributed by atoms with E-state index in [1.165, 1.54) is 5.69 Å². The number of anilines is 1. The average molecular weight is 250 g/mol. The van der Waals surface area contributed by atoms with E-state index in [1.54, 1.807) is 0 Å². The van der Waals surface area contributed by atoms with Gasteiger partial charge in [-0.2, -0.15) is 0 Å². The van der Waals surface area contributed by atoms with Crippen molar-refractivity contribution in [3.8, 4) is 0 Å². The van der Waals surface area contributed by atoms with Crippen molar-refractivity contribution < 1.29 is 0 Å². The van der Waals surface area contributed by atoms with Crippen molar-refractivity contribution in [1.82, 2.24) is 9.55 Å². The fraction of sp³-hybridized carbons (Fsp3) is 0.308. The molecule has 0 spiro atoms. The molecule has 4 heteroatoms. The maximum Gasteiger partial charge on any atom is 0.0952 e. The Morgan fingerprint density at radius 3 is 2.71 bits per heavy atom. The van der Waals surface area contributed by atoms with E-state index in [1.807, 2.05) is 37.5 Å². The van der Waals surface area contributed by atoms with E-state index >= 15 is 0 Å². The van der Waals surface area contributed by atoms with Crippen LogP contribution in [0.3, 0.4) is 0 Å². The van der Waals surface area contributed by atoms with Crippen LogP contribution in [0.2, 0.25) is 5.02 Å². The monoisotopic (exact) mass is 249 g/mol. The van der Waals surface area contributed by atoms with Crippen LogP contribution in [0.15, 0.2) is 30.6 Å². The van der Waals surface area contributed by atoms with Crippen molar-refractivity contribution in [2.75, 3.05) is 11.9 Å². The predicted octanol–water partition coefficient (Wildman–Crippen LogP) is 3.27. The Hall–Kier alpha value is -1.48. The molecule has 0 saturated carbocycles. The number of imidazole rings is 1. The minimum atomic E-state index is 0.756. The molecule has 0 aliphatic heterocycles. The van der Waals surface area contributed by atoms with Crippen LogP contribution in [-0.2, 0) is 6.54 Å². The summed E-state index contributed by atoms with van der Waals surface area (Å²) < 4.78 is 2.14. The van der Waals surface area contributed by atoms with E-state index in [4.69, 9.17) is 11.6 Å². The van der Waals surface area contributed by atoms with Crippen LogP contribution in [0, 0.1) is 13.8 Å². The number of halogens is 1. The van der Waals surface area contributed by atoms with Gasteiger partial charge in [0.05, 0.1) is 22.7 Å². The molecule has 0 saturated heterocycles. The highest BCUT2D eigenvalue weighted by Crippen LogP contribution is 2.20. The summed E-state index contributed by atoms with van der Waals surface area (Å²) in [6.07, 6.45) is 1.87. The highest BCUT2D eigenvalue weighted by molar-refractivity contribution is 6.33. The molecule has 0 aliphatic rings. The summed E-state index contributed by atoms with van der Waals surface area (Å²) in [7, 11) is 0. The summed E-state index contributed by atoms with van der Waals surface area (Å²) in [4.78, 5) is 4.27. The van der Waals surface area contributed by atoms with E-state index in [2.05, 4.69) is 21.8 Å². The molecule has 17 heavy (non-hydrogen) atoms. The molecule has 0 unspecified atom stereocenters. The first kappa shape index (κ1) is 12.0. The second-order valence-electron chi connectivity index (χ2n) is 4.02. The molecule has 1 N–H and O–H groups in total. The molecule has 2 aromatic rings. The average Bonchev–Trinajstić information content (AvgIpc) is 2.63. The number of aromatic nitrogens is 2. The zero-order valence-electron chi connectivity index (χ0n) is 10.1. The van der Waals surface area contributed by atoms with Crippen molar-refractivity contribution >= 4 is 17.3 Å². The van der Waals surface area contributed by atoms with Crippen LogP contribution in [-0.4, -0.2) is 16.1 Å². The van der Waals surface area contributed by atoms with Gasteiger partial charge in [0.2, 0.25) is 0 Å². The van der Waals surface area contributed by atoms with Crippen molar-refractivity contribution in [1.29, 1.82) is 0 Å². The third-order valence-electron chi connectivity index (χ3n) is 2.89. The topological polar surface area (TPSA) is 29.9 Å². The zero-order chi connectivity index (χ0) is 12.3. The lowest BCUT2D eigenvalue weighted by atomic mass is 10.3. The molecule has 0 bridgehead atoms. The molecule has 3 nitrogen and oxygen atoms in total. The molecule has 0 aliphatic carbocycles. The number of rotatable bonds is 4. The van der Waals surface area contributed by atoms with Crippen LogP contribution in [0.25, 0.3) is 0 Å². The molecule has 90 valence electrons. The second-order valence-corrected chi connectivity index (χ2v) is 4.42. The molecule has 0 radical (unpaired) electrons. The van der Waals surface area contributed by atoms with Gasteiger partial charge in [-0.3, -0.25) is 0 Å². The molecule has 2 rings (SSSR count). The highest BCUT2D eigenvalue weighted by Gasteiger charge is 2.02. The minimum absolute atomic E-state index is 0.756. The van der Waals surface area contributed by atoms with Crippen molar-refractivity contribution in [2.24, 2.45) is 0 Å². The lowest BCUT2D eigenvalue weighted by Crippen LogP contribution is -2.11. The van der Waals surface area contributed by atoms with Gasteiger partial charge >= 0.3 is 0 Å². The Morgan fingerprint density at radius 2 is 2.06 bits per heavy atom. The Morgan fingerprint density at radius 1 is 1.29 bits per heavy atom. The third kappa shape index (κ3) is 2.80. The molecule has 0 atom stereocenters. The van der Waals surface area contributed by atoms with Gasteiger partial charge in [-0.25, -0.2) is 4.98 Å². The van der Waals surface area contributed by atoms with Crippen LogP contribution >= 0.6 is 11.6 Å². The first-order valence-corrected chi connectivity index (χ1v) is 6.03. The first-order valence-electron chi connectivity index (χ1n) is 5.65. The van der Waals surface area contributed by atoms with Crippen LogP contribution in [0.1, 0.15) is 11.4 Å². The molecular weight excluding hydrogens is 234 g/mol. The second kappa shape index (κ2) is 5.23. The van der Waals surface area contributed by atoms with Gasteiger partial charge in [0.1, 0.15) is 0 Å². The summed E-state index contributed by atoms with van der Waals surface area (Å²) in [5.74, 6) is 0. The Labute approximate surface area is 106 Å². The van der Waals surface area contributed by atoms with Crippen molar-refractivity contribution in [2.45, 2.75) is 20.4 Å². The number of hydrogen-bond donors (Lipinski definition) is 1. The number of para-hydroxylation sites is 1. The Kier molecular flexibility index (Phi) is 3.69. The van der Waals surface area contributed by atoms with Crippen LogP contribution < -0.4 is 5.32 Å². The van der Waals surface area contributed by atoms with E-state index in [0.29, 0.717) is 0 Å². The molecule has 1 aromatic carbocycles. The van der Waals surface area contributed by atoms with Gasteiger partial charge < -0.3 is 9.88 Å². The molecule has 0 amide bonds. The van der Waals surface area contributed by atoms with E-state index < -0.39 is 0 Å². The van der Waals surface area contributed by atoms with Gasteiger partial charge in [-0.1, -0.05) is 23.7 Å². The molecule has 1 heterocycles. The predicted molar refractivity (Wildman–Crippen MR) is 71.6 cm³/mol. The number of nitrogens with zero attached hydrogens (tertiary/aromatic N) is 2. The fourth-order valence-electron chi connectivity index (χ4n) is 1.69. The third-order valence-corrected chi connectivity index (χ3v) is 3.22. The van der Waals surface area contributed by atoms with Crippen molar-refractivity contribution in [3.05, 3.63) is 47.0 Å². The number of benzene rings is 1. The van der Waals surface area contributed by atoms with Gasteiger partial charge in [0, 0.05) is 18.8 Å². The summed E-state index contributed by atoms with van der Waals surface area (Å²) >= 11 is 6.06. The van der Waals surface area contributed by atoms with E-state index in [0.717, 1.165) is 29.5 Å². The Balaban J connectivity index is 1.92. The summed E-state index contributed by atoms with van der Waals surface area (Å²) in [6.45, 7) is 5.82. The fourth-order valence-corrected chi connectivity index (χ4v) is 1.89. The first-order chi connectivity index (χ1) is 8.18. The van der Waals surface area contributed by atoms with Crippen LogP contribution in [0.4, 0.5) is 5.69 Å².